The monoisotopic (exact) mass is 272 g/mol. The van der Waals surface area contributed by atoms with Crippen molar-refractivity contribution in [3.8, 4) is 6.07 Å². The normalized spacial score (nSPS) is 10.4. The van der Waals surface area contributed by atoms with Crippen LogP contribution in [0.3, 0.4) is 0 Å². The zero-order valence-electron chi connectivity index (χ0n) is 11.2. The highest BCUT2D eigenvalue weighted by Gasteiger charge is 2.11. The number of anilines is 2. The first-order valence-corrected chi connectivity index (χ1v) is 6.27. The van der Waals surface area contributed by atoms with Gasteiger partial charge in [-0.2, -0.15) is 5.26 Å². The van der Waals surface area contributed by atoms with Gasteiger partial charge in [0.05, 0.1) is 11.6 Å². The van der Waals surface area contributed by atoms with Gasteiger partial charge in [0, 0.05) is 5.69 Å². The lowest BCUT2D eigenvalue weighted by Crippen LogP contribution is -1.99. The second-order valence-corrected chi connectivity index (χ2v) is 4.83. The minimum absolute atomic E-state index is 0.0410. The molecule has 2 nitrogen and oxygen atoms in total. The standard InChI is InChI=1S/C16H14F2N2/c1-10(2)12-3-5-13(6-4-12)20-16-14(17)7-11(9-19)8-15(16)18/h3-8,10,20H,1-2H3. The molecule has 102 valence electrons. The highest BCUT2D eigenvalue weighted by Crippen LogP contribution is 2.25. The first-order chi connectivity index (χ1) is 9.51. The van der Waals surface area contributed by atoms with Gasteiger partial charge in [-0.1, -0.05) is 26.0 Å². The average Bonchev–Trinajstić information content (AvgIpc) is 2.43. The van der Waals surface area contributed by atoms with E-state index in [1.165, 1.54) is 0 Å². The molecule has 0 radical (unpaired) electrons. The van der Waals surface area contributed by atoms with E-state index in [2.05, 4.69) is 19.2 Å². The summed E-state index contributed by atoms with van der Waals surface area (Å²) in [4.78, 5) is 0. The zero-order chi connectivity index (χ0) is 14.7. The number of rotatable bonds is 3. The molecule has 0 bridgehead atoms. The Morgan fingerprint density at radius 1 is 1.05 bits per heavy atom. The number of hydrogen-bond acceptors (Lipinski definition) is 2. The van der Waals surface area contributed by atoms with E-state index >= 15 is 0 Å². The molecule has 0 spiro atoms. The molecule has 0 heterocycles. The van der Waals surface area contributed by atoms with Crippen LogP contribution in [0.15, 0.2) is 36.4 Å². The Labute approximate surface area is 116 Å². The summed E-state index contributed by atoms with van der Waals surface area (Å²) in [6.45, 7) is 4.14. The first kappa shape index (κ1) is 14.0. The van der Waals surface area contributed by atoms with Gasteiger partial charge in [-0.25, -0.2) is 8.78 Å². The molecule has 0 aliphatic heterocycles. The van der Waals surface area contributed by atoms with E-state index in [-0.39, 0.29) is 11.3 Å². The number of nitriles is 1. The van der Waals surface area contributed by atoms with Gasteiger partial charge < -0.3 is 5.32 Å². The van der Waals surface area contributed by atoms with Crippen LogP contribution in [0.4, 0.5) is 20.2 Å². The number of benzene rings is 2. The number of hydrogen-bond donors (Lipinski definition) is 1. The molecule has 2 aromatic carbocycles. The summed E-state index contributed by atoms with van der Waals surface area (Å²) in [7, 11) is 0. The Morgan fingerprint density at radius 3 is 2.05 bits per heavy atom. The van der Waals surface area contributed by atoms with E-state index in [4.69, 9.17) is 5.26 Å². The molecule has 0 amide bonds. The van der Waals surface area contributed by atoms with Crippen molar-refractivity contribution in [2.45, 2.75) is 19.8 Å². The zero-order valence-corrected chi connectivity index (χ0v) is 11.2. The molecule has 0 aromatic heterocycles. The second-order valence-electron chi connectivity index (χ2n) is 4.83. The van der Waals surface area contributed by atoms with E-state index < -0.39 is 11.6 Å². The molecular formula is C16H14F2N2. The fourth-order valence-electron chi connectivity index (χ4n) is 1.85. The van der Waals surface area contributed by atoms with Crippen molar-refractivity contribution < 1.29 is 8.78 Å². The number of nitrogens with zero attached hydrogens (tertiary/aromatic N) is 1. The van der Waals surface area contributed by atoms with Crippen LogP contribution in [0.25, 0.3) is 0 Å². The van der Waals surface area contributed by atoms with Gasteiger partial charge in [0.25, 0.3) is 0 Å². The predicted octanol–water partition coefficient (Wildman–Crippen LogP) is 4.70. The van der Waals surface area contributed by atoms with Gasteiger partial charge in [0.1, 0.15) is 5.69 Å². The summed E-state index contributed by atoms with van der Waals surface area (Å²) < 4.78 is 27.5. The lowest BCUT2D eigenvalue weighted by Gasteiger charge is -2.11. The molecule has 0 saturated carbocycles. The third kappa shape index (κ3) is 2.94. The van der Waals surface area contributed by atoms with E-state index in [0.717, 1.165) is 17.7 Å². The maximum Gasteiger partial charge on any atom is 0.150 e. The quantitative estimate of drug-likeness (QED) is 0.878. The van der Waals surface area contributed by atoms with Crippen LogP contribution in [0, 0.1) is 23.0 Å². The Balaban J connectivity index is 2.28. The summed E-state index contributed by atoms with van der Waals surface area (Å²) in [5, 5.41) is 11.3. The van der Waals surface area contributed by atoms with Crippen molar-refractivity contribution in [1.82, 2.24) is 0 Å². The molecule has 0 aliphatic rings. The van der Waals surface area contributed by atoms with Crippen LogP contribution in [0.1, 0.15) is 30.9 Å². The van der Waals surface area contributed by atoms with Crippen LogP contribution in [-0.2, 0) is 0 Å². The van der Waals surface area contributed by atoms with Crippen LogP contribution in [0.2, 0.25) is 0 Å². The molecule has 20 heavy (non-hydrogen) atoms. The minimum atomic E-state index is -0.783. The maximum atomic E-state index is 13.7. The highest BCUT2D eigenvalue weighted by atomic mass is 19.1. The SMILES string of the molecule is CC(C)c1ccc(Nc2c(F)cc(C#N)cc2F)cc1. The third-order valence-corrected chi connectivity index (χ3v) is 3.02. The van der Waals surface area contributed by atoms with Gasteiger partial charge in [-0.05, 0) is 35.7 Å². The summed E-state index contributed by atoms with van der Waals surface area (Å²) >= 11 is 0. The third-order valence-electron chi connectivity index (χ3n) is 3.02. The number of halogens is 2. The van der Waals surface area contributed by atoms with E-state index in [1.54, 1.807) is 18.2 Å². The van der Waals surface area contributed by atoms with Crippen molar-refractivity contribution in [2.24, 2.45) is 0 Å². The van der Waals surface area contributed by atoms with Crippen LogP contribution >= 0.6 is 0 Å². The van der Waals surface area contributed by atoms with E-state index in [9.17, 15) is 8.78 Å². The molecular weight excluding hydrogens is 258 g/mol. The highest BCUT2D eigenvalue weighted by molar-refractivity contribution is 5.62. The molecule has 0 fully saturated rings. The molecule has 0 atom stereocenters. The molecule has 0 aliphatic carbocycles. The van der Waals surface area contributed by atoms with E-state index in [0.29, 0.717) is 11.6 Å². The topological polar surface area (TPSA) is 35.8 Å². The maximum absolute atomic E-state index is 13.7. The molecule has 1 N–H and O–H groups in total. The summed E-state index contributed by atoms with van der Waals surface area (Å²) in [6.07, 6.45) is 0. The summed E-state index contributed by atoms with van der Waals surface area (Å²) in [5.74, 6) is -1.17. The van der Waals surface area contributed by atoms with Gasteiger partial charge in [-0.15, -0.1) is 0 Å². The Morgan fingerprint density at radius 2 is 1.60 bits per heavy atom. The summed E-state index contributed by atoms with van der Waals surface area (Å²) in [6, 6.07) is 11.1. The molecule has 4 heteroatoms. The average molecular weight is 272 g/mol. The van der Waals surface area contributed by atoms with Gasteiger partial charge in [-0.3, -0.25) is 0 Å². The van der Waals surface area contributed by atoms with Crippen molar-refractivity contribution in [1.29, 1.82) is 5.26 Å². The smallest absolute Gasteiger partial charge is 0.150 e. The molecule has 0 saturated heterocycles. The lowest BCUT2D eigenvalue weighted by molar-refractivity contribution is 0.590. The predicted molar refractivity (Wildman–Crippen MR) is 74.9 cm³/mol. The molecule has 0 unspecified atom stereocenters. The minimum Gasteiger partial charge on any atom is -0.351 e. The second kappa shape index (κ2) is 5.70. The van der Waals surface area contributed by atoms with Crippen LogP contribution in [0.5, 0.6) is 0 Å². The largest absolute Gasteiger partial charge is 0.351 e. The number of nitrogens with one attached hydrogen (secondary N) is 1. The van der Waals surface area contributed by atoms with E-state index in [1.807, 2.05) is 12.1 Å². The Kier molecular flexibility index (Phi) is 3.99. The van der Waals surface area contributed by atoms with Gasteiger partial charge in [0.2, 0.25) is 0 Å². The van der Waals surface area contributed by atoms with Crippen LogP contribution in [-0.4, -0.2) is 0 Å². The van der Waals surface area contributed by atoms with Crippen LogP contribution < -0.4 is 5.32 Å². The van der Waals surface area contributed by atoms with Crippen molar-refractivity contribution in [2.75, 3.05) is 5.32 Å². The Bertz CT molecular complexity index is 632. The Hall–Kier alpha value is -2.41. The lowest BCUT2D eigenvalue weighted by atomic mass is 10.0. The molecule has 2 rings (SSSR count). The fourth-order valence-corrected chi connectivity index (χ4v) is 1.85. The van der Waals surface area contributed by atoms with Crippen molar-refractivity contribution in [3.05, 3.63) is 59.2 Å². The van der Waals surface area contributed by atoms with Gasteiger partial charge in [0.15, 0.2) is 11.6 Å². The fraction of sp³-hybridized carbons (Fsp3) is 0.188. The molecule has 2 aromatic rings. The van der Waals surface area contributed by atoms with Crippen molar-refractivity contribution >= 4 is 11.4 Å². The first-order valence-electron chi connectivity index (χ1n) is 6.27. The summed E-state index contributed by atoms with van der Waals surface area (Å²) in [5.41, 5.74) is 1.45. The van der Waals surface area contributed by atoms with Crippen molar-refractivity contribution in [3.63, 3.8) is 0 Å². The van der Waals surface area contributed by atoms with Gasteiger partial charge >= 0.3 is 0 Å².